The first-order valence-corrected chi connectivity index (χ1v) is 19.8. The van der Waals surface area contributed by atoms with Crippen molar-refractivity contribution in [1.82, 2.24) is 0 Å². The average molecular weight is 737 g/mol. The Balaban J connectivity index is 1.27. The fourth-order valence-electron chi connectivity index (χ4n) is 13.6. The molecule has 0 radical (unpaired) electrons. The Kier molecular flexibility index (Phi) is 9.92. The summed E-state index contributed by atoms with van der Waals surface area (Å²) in [6, 6.07) is 0. The van der Waals surface area contributed by atoms with Crippen molar-refractivity contribution in [3.63, 3.8) is 0 Å². The van der Waals surface area contributed by atoms with Crippen molar-refractivity contribution >= 4 is 5.97 Å². The molecule has 2 heterocycles. The predicted octanol–water partition coefficient (Wildman–Crippen LogP) is 2.99. The van der Waals surface area contributed by atoms with Gasteiger partial charge in [-0.05, 0) is 103 Å². The largest absolute Gasteiger partial charge is 0.481 e. The van der Waals surface area contributed by atoms with Crippen molar-refractivity contribution in [3.8, 4) is 0 Å². The van der Waals surface area contributed by atoms with Crippen LogP contribution in [0.15, 0.2) is 11.6 Å². The molecule has 2 unspecified atom stereocenters. The summed E-state index contributed by atoms with van der Waals surface area (Å²) in [5.41, 5.74) is -0.640. The zero-order valence-corrected chi connectivity index (χ0v) is 32.0. The SMILES string of the molecule is C[C@H]1[C@H](C)CC[C@]2(C(=O)O)CC[C@]3(C)C(=CC[C@@H]4[C@@]5(C)C[C@@H](OC6O[C@H](CO)[C@@H](O)[C@H]6O)[C@H](OC6O[C@H](CO)[C@@H](O)[C@H]6O)C(C)(C)[C@@H]5CC[C@]43C)[C@H]12. The van der Waals surface area contributed by atoms with E-state index in [2.05, 4.69) is 54.5 Å². The van der Waals surface area contributed by atoms with Crippen LogP contribution >= 0.6 is 0 Å². The maximum Gasteiger partial charge on any atom is 0.310 e. The quantitative estimate of drug-likeness (QED) is 0.189. The van der Waals surface area contributed by atoms with Crippen molar-refractivity contribution in [1.29, 1.82) is 0 Å². The zero-order chi connectivity index (χ0) is 37.9. The highest BCUT2D eigenvalue weighted by Gasteiger charge is 2.71. The van der Waals surface area contributed by atoms with E-state index in [0.29, 0.717) is 18.8 Å². The van der Waals surface area contributed by atoms with Gasteiger partial charge in [0.1, 0.15) is 36.6 Å². The number of carbonyl (C=O) groups is 1. The topological polar surface area (TPSA) is 196 Å². The summed E-state index contributed by atoms with van der Waals surface area (Å²) in [6.07, 6.45) is -2.71. The van der Waals surface area contributed by atoms with E-state index < -0.39 is 91.4 Å². The molecule has 0 spiro atoms. The van der Waals surface area contributed by atoms with Gasteiger partial charge in [0, 0.05) is 0 Å². The molecule has 6 fully saturated rings. The number of ether oxygens (including phenoxy) is 4. The second-order valence-electron chi connectivity index (χ2n) is 19.3. The number of hydrogen-bond acceptors (Lipinski definition) is 11. The summed E-state index contributed by atoms with van der Waals surface area (Å²) in [4.78, 5) is 13.1. The Hall–Kier alpha value is -1.19. The van der Waals surface area contributed by atoms with Crippen LogP contribution < -0.4 is 0 Å². The van der Waals surface area contributed by atoms with Gasteiger partial charge in [-0.25, -0.2) is 0 Å². The van der Waals surface area contributed by atoms with Gasteiger partial charge in [0.25, 0.3) is 0 Å². The van der Waals surface area contributed by atoms with Crippen LogP contribution in [0.5, 0.6) is 0 Å². The minimum Gasteiger partial charge on any atom is -0.481 e. The molecule has 2 saturated heterocycles. The third-order valence-corrected chi connectivity index (χ3v) is 16.9. The van der Waals surface area contributed by atoms with Crippen LogP contribution in [0.1, 0.15) is 99.8 Å². The molecule has 12 heteroatoms. The number of aliphatic hydroxyl groups is 6. The number of fused-ring (bicyclic) bond motifs is 7. The van der Waals surface area contributed by atoms with Gasteiger partial charge in [0.15, 0.2) is 12.6 Å². The van der Waals surface area contributed by atoms with E-state index in [1.807, 2.05) is 0 Å². The Morgan fingerprint density at radius 1 is 0.808 bits per heavy atom. The van der Waals surface area contributed by atoms with E-state index in [4.69, 9.17) is 18.9 Å². The number of allylic oxidation sites excluding steroid dienone is 2. The minimum absolute atomic E-state index is 0.00435. The average Bonchev–Trinajstić information content (AvgIpc) is 3.52. The van der Waals surface area contributed by atoms with Gasteiger partial charge in [-0.1, -0.05) is 60.1 Å². The van der Waals surface area contributed by atoms with E-state index in [-0.39, 0.29) is 39.9 Å². The Morgan fingerprint density at radius 2 is 1.40 bits per heavy atom. The van der Waals surface area contributed by atoms with E-state index in [1.54, 1.807) is 0 Å². The summed E-state index contributed by atoms with van der Waals surface area (Å²) < 4.78 is 24.9. The van der Waals surface area contributed by atoms with Gasteiger partial charge in [-0.15, -0.1) is 0 Å². The summed E-state index contributed by atoms with van der Waals surface area (Å²) in [6.45, 7) is 15.0. The van der Waals surface area contributed by atoms with Gasteiger partial charge in [0.2, 0.25) is 0 Å². The van der Waals surface area contributed by atoms with Crippen LogP contribution in [0.4, 0.5) is 0 Å². The highest BCUT2D eigenvalue weighted by molar-refractivity contribution is 5.76. The van der Waals surface area contributed by atoms with Crippen molar-refractivity contribution in [2.24, 2.45) is 56.7 Å². The molecule has 7 N–H and O–H groups in total. The third-order valence-electron chi connectivity index (χ3n) is 16.9. The molecule has 12 nitrogen and oxygen atoms in total. The van der Waals surface area contributed by atoms with Crippen LogP contribution in [0, 0.1) is 56.7 Å². The van der Waals surface area contributed by atoms with Crippen molar-refractivity contribution in [2.75, 3.05) is 13.2 Å². The molecule has 0 bridgehead atoms. The summed E-state index contributed by atoms with van der Waals surface area (Å²) in [5.74, 6) is 0.379. The van der Waals surface area contributed by atoms with Crippen LogP contribution in [-0.4, -0.2) is 116 Å². The maximum absolute atomic E-state index is 13.1. The molecular weight excluding hydrogens is 672 g/mol. The van der Waals surface area contributed by atoms with Crippen molar-refractivity contribution in [3.05, 3.63) is 11.6 Å². The van der Waals surface area contributed by atoms with E-state index >= 15 is 0 Å². The fourth-order valence-corrected chi connectivity index (χ4v) is 13.6. The van der Waals surface area contributed by atoms with Crippen molar-refractivity contribution < 1.29 is 59.5 Å². The molecule has 19 atom stereocenters. The number of carboxylic acids is 1. The van der Waals surface area contributed by atoms with E-state index in [1.165, 1.54) is 5.57 Å². The first kappa shape index (κ1) is 39.1. The standard InChI is InChI=1S/C40H64O12/c1-19-10-13-40(35(47)48)15-14-38(6)21(27(40)20(19)2)8-9-26-37(5)16-22(49-33-30(45)28(43)23(17-41)50-33)32(36(3,4)25(37)11-12-39(26,38)7)52-34-31(46)29(44)24(18-42)51-34/h8,19-20,22-34,41-46H,9-18H2,1-7H3,(H,47,48)/t19-,20+,22-,23-,24-,25+,26-,27+,28-,29-,30-,31-,32+,33?,34?,37+,38-,39-,40+/m1/s1. The molecule has 5 aliphatic carbocycles. The molecular formula is C40H64O12. The summed E-state index contributed by atoms with van der Waals surface area (Å²) >= 11 is 0. The third kappa shape index (κ3) is 5.32. The summed E-state index contributed by atoms with van der Waals surface area (Å²) in [5, 5.41) is 73.5. The lowest BCUT2D eigenvalue weighted by molar-refractivity contribution is -0.314. The highest BCUT2D eigenvalue weighted by Crippen LogP contribution is 2.76. The molecule has 7 aliphatic rings. The molecule has 7 rings (SSSR count). The molecule has 0 aromatic heterocycles. The first-order chi connectivity index (χ1) is 24.3. The van der Waals surface area contributed by atoms with E-state index in [0.717, 1.165) is 38.5 Å². The Labute approximate surface area is 307 Å². The fraction of sp³-hybridized carbons (Fsp3) is 0.925. The molecule has 2 aliphatic heterocycles. The zero-order valence-electron chi connectivity index (χ0n) is 32.0. The van der Waals surface area contributed by atoms with Gasteiger partial charge >= 0.3 is 5.97 Å². The first-order valence-electron chi connectivity index (χ1n) is 19.8. The van der Waals surface area contributed by atoms with Crippen LogP contribution in [0.2, 0.25) is 0 Å². The molecule has 0 aromatic rings. The number of carboxylic acid groups (broad SMARTS) is 1. The smallest absolute Gasteiger partial charge is 0.310 e. The van der Waals surface area contributed by atoms with Gasteiger partial charge in [-0.2, -0.15) is 0 Å². The van der Waals surface area contributed by atoms with Gasteiger partial charge < -0.3 is 54.7 Å². The lowest BCUT2D eigenvalue weighted by atomic mass is 9.33. The number of aliphatic hydroxyl groups excluding tert-OH is 6. The number of hydrogen-bond donors (Lipinski definition) is 7. The second-order valence-corrected chi connectivity index (χ2v) is 19.3. The highest BCUT2D eigenvalue weighted by atomic mass is 16.7. The molecule has 296 valence electrons. The normalized spacial score (nSPS) is 55.5. The lowest BCUT2D eigenvalue weighted by Gasteiger charge is -2.72. The van der Waals surface area contributed by atoms with Crippen LogP contribution in [0.3, 0.4) is 0 Å². The lowest BCUT2D eigenvalue weighted by Crippen LogP contribution is -2.68. The number of rotatable bonds is 7. The molecule has 4 saturated carbocycles. The van der Waals surface area contributed by atoms with Crippen LogP contribution in [0.25, 0.3) is 0 Å². The van der Waals surface area contributed by atoms with Gasteiger partial charge in [-0.3, -0.25) is 4.79 Å². The molecule has 52 heavy (non-hydrogen) atoms. The Morgan fingerprint density at radius 3 is 1.96 bits per heavy atom. The number of aliphatic carboxylic acids is 1. The van der Waals surface area contributed by atoms with Gasteiger partial charge in [0.05, 0.1) is 30.8 Å². The Bertz CT molecular complexity index is 1400. The van der Waals surface area contributed by atoms with Crippen LogP contribution in [-0.2, 0) is 23.7 Å². The maximum atomic E-state index is 13.1. The molecule has 0 amide bonds. The molecule has 0 aromatic carbocycles. The second kappa shape index (κ2) is 13.2. The van der Waals surface area contributed by atoms with E-state index in [9.17, 15) is 40.5 Å². The monoisotopic (exact) mass is 736 g/mol. The predicted molar refractivity (Wildman–Crippen MR) is 187 cm³/mol. The summed E-state index contributed by atoms with van der Waals surface area (Å²) in [7, 11) is 0. The van der Waals surface area contributed by atoms with Crippen molar-refractivity contribution in [2.45, 2.75) is 161 Å². The minimum atomic E-state index is -1.41.